The maximum absolute atomic E-state index is 13.0. The summed E-state index contributed by atoms with van der Waals surface area (Å²) in [5.41, 5.74) is 3.83. The number of piperazine rings is 1. The molecule has 6 nitrogen and oxygen atoms in total. The van der Waals surface area contributed by atoms with Gasteiger partial charge >= 0.3 is 0 Å². The van der Waals surface area contributed by atoms with Gasteiger partial charge in [0.25, 0.3) is 0 Å². The first-order valence-electron chi connectivity index (χ1n) is 11.0. The van der Waals surface area contributed by atoms with E-state index in [2.05, 4.69) is 33.3 Å². The SMILES string of the molecule is CNc1nc(N2CCN(c3cccc(Cl)c3)CC2)nc2c1C(=O)C[C@H](c1ccccc1)C2. The quantitative estimate of drug-likeness (QED) is 0.639. The van der Waals surface area contributed by atoms with Crippen LogP contribution in [0.25, 0.3) is 0 Å². The van der Waals surface area contributed by atoms with E-state index in [1.807, 2.05) is 43.4 Å². The average Bonchev–Trinajstić information content (AvgIpc) is 2.84. The molecule has 1 N–H and O–H groups in total. The monoisotopic (exact) mass is 447 g/mol. The summed E-state index contributed by atoms with van der Waals surface area (Å²) in [5, 5.41) is 3.89. The van der Waals surface area contributed by atoms with Crippen LogP contribution in [-0.4, -0.2) is 49.0 Å². The third kappa shape index (κ3) is 4.02. The van der Waals surface area contributed by atoms with E-state index in [0.717, 1.165) is 49.0 Å². The number of anilines is 3. The summed E-state index contributed by atoms with van der Waals surface area (Å²) in [6.07, 6.45) is 1.24. The molecule has 164 valence electrons. The van der Waals surface area contributed by atoms with E-state index in [-0.39, 0.29) is 11.7 Å². The van der Waals surface area contributed by atoms with Crippen molar-refractivity contribution < 1.29 is 4.79 Å². The molecule has 7 heteroatoms. The molecule has 0 bridgehead atoms. The number of benzene rings is 2. The van der Waals surface area contributed by atoms with Crippen LogP contribution in [0.4, 0.5) is 17.5 Å². The first-order valence-corrected chi connectivity index (χ1v) is 11.4. The first kappa shape index (κ1) is 20.8. The van der Waals surface area contributed by atoms with Gasteiger partial charge < -0.3 is 15.1 Å². The summed E-state index contributed by atoms with van der Waals surface area (Å²) in [4.78, 5) is 27.2. The molecule has 0 amide bonds. The van der Waals surface area contributed by atoms with Crippen LogP contribution in [0.3, 0.4) is 0 Å². The number of hydrogen-bond donors (Lipinski definition) is 1. The highest BCUT2D eigenvalue weighted by molar-refractivity contribution is 6.30. The lowest BCUT2D eigenvalue weighted by molar-refractivity contribution is 0.0963. The molecule has 0 radical (unpaired) electrons. The van der Waals surface area contributed by atoms with Crippen molar-refractivity contribution in [3.05, 3.63) is 76.4 Å². The molecule has 1 atom stereocenters. The molecule has 0 spiro atoms. The van der Waals surface area contributed by atoms with Crippen LogP contribution >= 0.6 is 11.6 Å². The topological polar surface area (TPSA) is 61.4 Å². The fraction of sp³-hybridized carbons (Fsp3) is 0.320. The van der Waals surface area contributed by atoms with Gasteiger partial charge in [-0.25, -0.2) is 4.98 Å². The molecule has 2 aliphatic rings. The molecule has 0 unspecified atom stereocenters. The van der Waals surface area contributed by atoms with Crippen LogP contribution in [0.1, 0.15) is 34.0 Å². The molecule has 0 saturated carbocycles. The van der Waals surface area contributed by atoms with E-state index >= 15 is 0 Å². The van der Waals surface area contributed by atoms with E-state index < -0.39 is 0 Å². The third-order valence-corrected chi connectivity index (χ3v) is 6.60. The predicted molar refractivity (Wildman–Crippen MR) is 129 cm³/mol. The maximum Gasteiger partial charge on any atom is 0.227 e. The molecule has 1 saturated heterocycles. The van der Waals surface area contributed by atoms with Gasteiger partial charge in [-0.05, 0) is 36.1 Å². The fourth-order valence-corrected chi connectivity index (χ4v) is 4.87. The Bertz CT molecular complexity index is 1130. The lowest BCUT2D eigenvalue weighted by atomic mass is 9.82. The second-order valence-electron chi connectivity index (χ2n) is 8.34. The number of ketones is 1. The van der Waals surface area contributed by atoms with Gasteiger partial charge in [0.15, 0.2) is 5.78 Å². The number of aromatic nitrogens is 2. The number of Topliss-reactive ketones (excluding diaryl/α,β-unsaturated/α-hetero) is 1. The molecular formula is C25H26ClN5O. The molecular weight excluding hydrogens is 422 g/mol. The number of halogens is 1. The summed E-state index contributed by atoms with van der Waals surface area (Å²) in [6, 6.07) is 18.2. The first-order chi connectivity index (χ1) is 15.6. The van der Waals surface area contributed by atoms with Crippen molar-refractivity contribution in [2.75, 3.05) is 48.3 Å². The van der Waals surface area contributed by atoms with Gasteiger partial charge in [-0.3, -0.25) is 4.79 Å². The molecule has 1 aliphatic carbocycles. The number of carbonyl (C=O) groups is 1. The molecule has 1 fully saturated rings. The van der Waals surface area contributed by atoms with Gasteiger partial charge in [-0.1, -0.05) is 48.0 Å². The number of hydrogen-bond acceptors (Lipinski definition) is 6. The smallest absolute Gasteiger partial charge is 0.227 e. The Hall–Kier alpha value is -3.12. The van der Waals surface area contributed by atoms with E-state index in [1.54, 1.807) is 0 Å². The summed E-state index contributed by atoms with van der Waals surface area (Å²) in [5.74, 6) is 1.60. The summed E-state index contributed by atoms with van der Waals surface area (Å²) >= 11 is 6.17. The lowest BCUT2D eigenvalue weighted by Gasteiger charge is -2.36. The van der Waals surface area contributed by atoms with Crippen molar-refractivity contribution in [2.45, 2.75) is 18.8 Å². The van der Waals surface area contributed by atoms with Crippen molar-refractivity contribution in [2.24, 2.45) is 0 Å². The van der Waals surface area contributed by atoms with Crippen LogP contribution in [0.5, 0.6) is 0 Å². The molecule has 1 aliphatic heterocycles. The molecule has 2 heterocycles. The zero-order chi connectivity index (χ0) is 22.1. The van der Waals surface area contributed by atoms with E-state index in [1.165, 1.54) is 5.56 Å². The minimum Gasteiger partial charge on any atom is -0.372 e. The summed E-state index contributed by atoms with van der Waals surface area (Å²) in [6.45, 7) is 3.34. The minimum atomic E-state index is 0.113. The van der Waals surface area contributed by atoms with Crippen LogP contribution < -0.4 is 15.1 Å². The molecule has 2 aromatic carbocycles. The fourth-order valence-electron chi connectivity index (χ4n) is 4.69. The minimum absolute atomic E-state index is 0.113. The number of nitrogens with one attached hydrogen (secondary N) is 1. The zero-order valence-corrected chi connectivity index (χ0v) is 18.8. The van der Waals surface area contributed by atoms with Crippen LogP contribution in [0.2, 0.25) is 5.02 Å². The molecule has 5 rings (SSSR count). The average molecular weight is 448 g/mol. The van der Waals surface area contributed by atoms with Gasteiger partial charge in [-0.15, -0.1) is 0 Å². The summed E-state index contributed by atoms with van der Waals surface area (Å²) in [7, 11) is 1.82. The highest BCUT2D eigenvalue weighted by Crippen LogP contribution is 2.35. The molecule has 3 aromatic rings. The molecule has 32 heavy (non-hydrogen) atoms. The van der Waals surface area contributed by atoms with Crippen molar-refractivity contribution >= 4 is 34.8 Å². The second-order valence-corrected chi connectivity index (χ2v) is 8.77. The van der Waals surface area contributed by atoms with Crippen molar-refractivity contribution in [3.8, 4) is 0 Å². The van der Waals surface area contributed by atoms with Crippen molar-refractivity contribution in [1.82, 2.24) is 9.97 Å². The van der Waals surface area contributed by atoms with Gasteiger partial charge in [0.1, 0.15) is 5.82 Å². The largest absolute Gasteiger partial charge is 0.372 e. The standard InChI is InChI=1S/C25H26ClN5O/c1-27-24-23-21(14-18(15-22(23)32)17-6-3-2-4-7-17)28-25(29-24)31-12-10-30(11-13-31)20-9-5-8-19(26)16-20/h2-9,16,18H,10-15H2,1H3,(H,27,28,29)/t18-/m1/s1. The van der Waals surface area contributed by atoms with Gasteiger partial charge in [0, 0.05) is 50.4 Å². The van der Waals surface area contributed by atoms with E-state index in [4.69, 9.17) is 21.6 Å². The number of rotatable bonds is 4. The Balaban J connectivity index is 1.39. The van der Waals surface area contributed by atoms with Crippen LogP contribution in [-0.2, 0) is 6.42 Å². The Morgan fingerprint density at radius 2 is 1.69 bits per heavy atom. The molecule has 1 aromatic heterocycles. The van der Waals surface area contributed by atoms with Crippen LogP contribution in [0, 0.1) is 0 Å². The summed E-state index contributed by atoms with van der Waals surface area (Å²) < 4.78 is 0. The van der Waals surface area contributed by atoms with Gasteiger partial charge in [0.2, 0.25) is 5.95 Å². The van der Waals surface area contributed by atoms with Crippen LogP contribution in [0.15, 0.2) is 54.6 Å². The lowest BCUT2D eigenvalue weighted by Crippen LogP contribution is -2.47. The number of carbonyl (C=O) groups excluding carboxylic acids is 1. The highest BCUT2D eigenvalue weighted by Gasteiger charge is 2.32. The number of nitrogens with zero attached hydrogens (tertiary/aromatic N) is 4. The maximum atomic E-state index is 13.0. The Labute approximate surface area is 193 Å². The second kappa shape index (κ2) is 8.79. The van der Waals surface area contributed by atoms with E-state index in [0.29, 0.717) is 23.8 Å². The Morgan fingerprint density at radius 1 is 0.938 bits per heavy atom. The van der Waals surface area contributed by atoms with E-state index in [9.17, 15) is 4.79 Å². The highest BCUT2D eigenvalue weighted by atomic mass is 35.5. The van der Waals surface area contributed by atoms with Crippen molar-refractivity contribution in [3.63, 3.8) is 0 Å². The predicted octanol–water partition coefficient (Wildman–Crippen LogP) is 4.41. The normalized spacial score (nSPS) is 18.4. The van der Waals surface area contributed by atoms with Gasteiger partial charge in [0.05, 0.1) is 11.3 Å². The third-order valence-electron chi connectivity index (χ3n) is 6.37. The number of fused-ring (bicyclic) bond motifs is 1. The Kier molecular flexibility index (Phi) is 5.70. The van der Waals surface area contributed by atoms with Gasteiger partial charge in [-0.2, -0.15) is 4.98 Å². The zero-order valence-electron chi connectivity index (χ0n) is 18.1. The Morgan fingerprint density at radius 3 is 2.41 bits per heavy atom. The van der Waals surface area contributed by atoms with Crippen molar-refractivity contribution in [1.29, 1.82) is 0 Å².